The van der Waals surface area contributed by atoms with Crippen LogP contribution in [0.4, 0.5) is 0 Å². The minimum absolute atomic E-state index is 0.0837. The van der Waals surface area contributed by atoms with Crippen molar-refractivity contribution in [1.29, 1.82) is 0 Å². The minimum atomic E-state index is -0.650. The zero-order valence-corrected chi connectivity index (χ0v) is 8.30. The molecule has 0 aliphatic rings. The molecule has 1 unspecified atom stereocenters. The molecule has 1 atom stereocenters. The van der Waals surface area contributed by atoms with Crippen LogP contribution >= 0.6 is 12.6 Å². The highest BCUT2D eigenvalue weighted by Gasteiger charge is 2.23. The number of amides is 1. The Kier molecular flexibility index (Phi) is 4.97. The van der Waals surface area contributed by atoms with Crippen molar-refractivity contribution in [3.8, 4) is 0 Å². The van der Waals surface area contributed by atoms with Gasteiger partial charge in [-0.3, -0.25) is 9.59 Å². The third-order valence-corrected chi connectivity index (χ3v) is 1.91. The molecule has 3 nitrogen and oxygen atoms in total. The van der Waals surface area contributed by atoms with Crippen molar-refractivity contribution in [2.75, 3.05) is 5.75 Å². The molecule has 0 spiro atoms. The van der Waals surface area contributed by atoms with E-state index in [-0.39, 0.29) is 11.5 Å². The molecular formula is C8H15NO2S. The number of carbonyl (C=O) groups excluding carboxylic acids is 2. The fraction of sp³-hybridized carbons (Fsp3) is 0.750. The Balaban J connectivity index is 4.23. The average Bonchev–Trinajstić information content (AvgIpc) is 1.98. The second kappa shape index (κ2) is 5.19. The summed E-state index contributed by atoms with van der Waals surface area (Å²) >= 11 is 3.81. The van der Waals surface area contributed by atoms with Gasteiger partial charge in [0.1, 0.15) is 0 Å². The molecule has 0 aromatic carbocycles. The van der Waals surface area contributed by atoms with Crippen molar-refractivity contribution >= 4 is 24.3 Å². The Morgan fingerprint density at radius 1 is 1.42 bits per heavy atom. The van der Waals surface area contributed by atoms with Crippen LogP contribution in [0.5, 0.6) is 0 Å². The van der Waals surface area contributed by atoms with Crippen molar-refractivity contribution < 1.29 is 9.59 Å². The molecule has 4 heteroatoms. The second-order valence-corrected chi connectivity index (χ2v) is 3.53. The van der Waals surface area contributed by atoms with E-state index in [0.29, 0.717) is 12.3 Å². The Labute approximate surface area is 78.1 Å². The van der Waals surface area contributed by atoms with Crippen molar-refractivity contribution in [3.05, 3.63) is 0 Å². The second-order valence-electron chi connectivity index (χ2n) is 3.21. The lowest BCUT2D eigenvalue weighted by molar-refractivity contribution is -0.131. The molecule has 1 amide bonds. The SMILES string of the molecule is CC(C)CC(C(N)=O)C(=O)CS. The van der Waals surface area contributed by atoms with Crippen LogP contribution < -0.4 is 5.73 Å². The summed E-state index contributed by atoms with van der Waals surface area (Å²) in [6.07, 6.45) is 0.523. The normalized spacial score (nSPS) is 13.0. The molecule has 0 saturated carbocycles. The molecule has 2 N–H and O–H groups in total. The summed E-state index contributed by atoms with van der Waals surface area (Å²) < 4.78 is 0. The first-order valence-corrected chi connectivity index (χ1v) is 4.55. The highest BCUT2D eigenvalue weighted by atomic mass is 32.1. The van der Waals surface area contributed by atoms with Crippen molar-refractivity contribution in [2.24, 2.45) is 17.6 Å². The van der Waals surface area contributed by atoms with Gasteiger partial charge in [-0.15, -0.1) is 0 Å². The molecule has 0 aliphatic carbocycles. The van der Waals surface area contributed by atoms with E-state index in [1.807, 2.05) is 13.8 Å². The van der Waals surface area contributed by atoms with Gasteiger partial charge in [0.05, 0.1) is 11.7 Å². The largest absolute Gasteiger partial charge is 0.369 e. The summed E-state index contributed by atoms with van der Waals surface area (Å²) in [6.45, 7) is 3.89. The van der Waals surface area contributed by atoms with Crippen LogP contribution in [-0.2, 0) is 9.59 Å². The molecule has 70 valence electrons. The Bertz CT molecular complexity index is 180. The summed E-state index contributed by atoms with van der Waals surface area (Å²) in [6, 6.07) is 0. The van der Waals surface area contributed by atoms with Gasteiger partial charge in [-0.1, -0.05) is 13.8 Å². The number of nitrogens with two attached hydrogens (primary N) is 1. The first-order valence-electron chi connectivity index (χ1n) is 3.92. The first kappa shape index (κ1) is 11.5. The van der Waals surface area contributed by atoms with Crippen molar-refractivity contribution in [2.45, 2.75) is 20.3 Å². The number of thiol groups is 1. The fourth-order valence-electron chi connectivity index (χ4n) is 0.988. The lowest BCUT2D eigenvalue weighted by atomic mass is 9.93. The number of Topliss-reactive ketones (excluding diaryl/α,β-unsaturated/α-hetero) is 1. The number of primary amides is 1. The summed E-state index contributed by atoms with van der Waals surface area (Å²) in [5.41, 5.74) is 5.07. The molecule has 0 rings (SSSR count). The van der Waals surface area contributed by atoms with Crippen LogP contribution in [0.3, 0.4) is 0 Å². The van der Waals surface area contributed by atoms with Crippen LogP contribution in [-0.4, -0.2) is 17.4 Å². The molecule has 0 bridgehead atoms. The number of rotatable bonds is 5. The van der Waals surface area contributed by atoms with Crippen LogP contribution in [0, 0.1) is 11.8 Å². The Hall–Kier alpha value is -0.510. The minimum Gasteiger partial charge on any atom is -0.369 e. The van der Waals surface area contributed by atoms with E-state index in [1.165, 1.54) is 0 Å². The lowest BCUT2D eigenvalue weighted by Gasteiger charge is -2.12. The molecule has 0 aromatic rings. The quantitative estimate of drug-likeness (QED) is 0.492. The van der Waals surface area contributed by atoms with Gasteiger partial charge >= 0.3 is 0 Å². The summed E-state index contributed by atoms with van der Waals surface area (Å²) in [4.78, 5) is 21.9. The molecule has 0 saturated heterocycles. The van der Waals surface area contributed by atoms with Gasteiger partial charge < -0.3 is 5.73 Å². The predicted molar refractivity (Wildman–Crippen MR) is 51.0 cm³/mol. The summed E-state index contributed by atoms with van der Waals surface area (Å²) in [7, 11) is 0. The molecule has 12 heavy (non-hydrogen) atoms. The van der Waals surface area contributed by atoms with Gasteiger partial charge in [0.25, 0.3) is 0 Å². The van der Waals surface area contributed by atoms with Gasteiger partial charge in [-0.2, -0.15) is 12.6 Å². The first-order chi connectivity index (χ1) is 5.49. The predicted octanol–water partition coefficient (Wildman–Crippen LogP) is 0.633. The van der Waals surface area contributed by atoms with Crippen LogP contribution in [0.1, 0.15) is 20.3 Å². The van der Waals surface area contributed by atoms with E-state index in [1.54, 1.807) is 0 Å². The van der Waals surface area contributed by atoms with E-state index >= 15 is 0 Å². The summed E-state index contributed by atoms with van der Waals surface area (Å²) in [5, 5.41) is 0. The molecule has 0 fully saturated rings. The zero-order chi connectivity index (χ0) is 9.72. The standard InChI is InChI=1S/C8H15NO2S/c1-5(2)3-6(8(9)11)7(10)4-12/h5-6,12H,3-4H2,1-2H3,(H2,9,11). The van der Waals surface area contributed by atoms with Gasteiger partial charge in [0, 0.05) is 0 Å². The van der Waals surface area contributed by atoms with Crippen molar-refractivity contribution in [3.63, 3.8) is 0 Å². The molecule has 0 aromatic heterocycles. The van der Waals surface area contributed by atoms with Crippen LogP contribution in [0.15, 0.2) is 0 Å². The number of hydrogen-bond acceptors (Lipinski definition) is 3. The fourth-order valence-corrected chi connectivity index (χ4v) is 1.21. The van der Waals surface area contributed by atoms with Gasteiger partial charge in [-0.25, -0.2) is 0 Å². The smallest absolute Gasteiger partial charge is 0.228 e. The summed E-state index contributed by atoms with van der Waals surface area (Å²) in [5.74, 6) is -0.989. The highest BCUT2D eigenvalue weighted by Crippen LogP contribution is 2.12. The van der Waals surface area contributed by atoms with Gasteiger partial charge in [-0.05, 0) is 12.3 Å². The lowest BCUT2D eigenvalue weighted by Crippen LogP contribution is -2.32. The molecule has 0 aliphatic heterocycles. The third kappa shape index (κ3) is 3.76. The van der Waals surface area contributed by atoms with Gasteiger partial charge in [0.2, 0.25) is 5.91 Å². The van der Waals surface area contributed by atoms with E-state index in [2.05, 4.69) is 12.6 Å². The highest BCUT2D eigenvalue weighted by molar-refractivity contribution is 7.81. The van der Waals surface area contributed by atoms with Gasteiger partial charge in [0.15, 0.2) is 5.78 Å². The monoisotopic (exact) mass is 189 g/mol. The van der Waals surface area contributed by atoms with Crippen LogP contribution in [0.25, 0.3) is 0 Å². The maximum absolute atomic E-state index is 11.1. The average molecular weight is 189 g/mol. The maximum Gasteiger partial charge on any atom is 0.228 e. The molecule has 0 radical (unpaired) electrons. The maximum atomic E-state index is 11.1. The Morgan fingerprint density at radius 3 is 2.17 bits per heavy atom. The topological polar surface area (TPSA) is 60.2 Å². The zero-order valence-electron chi connectivity index (χ0n) is 7.41. The van der Waals surface area contributed by atoms with E-state index in [4.69, 9.17) is 5.73 Å². The van der Waals surface area contributed by atoms with E-state index < -0.39 is 11.8 Å². The number of hydrogen-bond donors (Lipinski definition) is 2. The molecular weight excluding hydrogens is 174 g/mol. The van der Waals surface area contributed by atoms with E-state index in [0.717, 1.165) is 0 Å². The van der Waals surface area contributed by atoms with Crippen molar-refractivity contribution in [1.82, 2.24) is 0 Å². The number of ketones is 1. The third-order valence-electron chi connectivity index (χ3n) is 1.60. The van der Waals surface area contributed by atoms with Crippen LogP contribution in [0.2, 0.25) is 0 Å². The number of carbonyl (C=O) groups is 2. The van der Waals surface area contributed by atoms with E-state index in [9.17, 15) is 9.59 Å². The molecule has 0 heterocycles. The Morgan fingerprint density at radius 2 is 1.92 bits per heavy atom.